The lowest BCUT2D eigenvalue weighted by Crippen LogP contribution is -2.20. The molecule has 3 heterocycles. The Bertz CT molecular complexity index is 1990. The molecule has 0 aliphatic heterocycles. The van der Waals surface area contributed by atoms with E-state index in [-0.39, 0.29) is 5.56 Å². The van der Waals surface area contributed by atoms with Gasteiger partial charge < -0.3 is 8.98 Å². The summed E-state index contributed by atoms with van der Waals surface area (Å²) in [7, 11) is 0. The Hall–Kier alpha value is -4.74. The maximum absolute atomic E-state index is 13.6. The second-order valence-electron chi connectivity index (χ2n) is 8.93. The van der Waals surface area contributed by atoms with E-state index < -0.39 is 0 Å². The van der Waals surface area contributed by atoms with E-state index in [1.54, 1.807) is 30.5 Å². The average molecular weight is 562 g/mol. The number of hydrogen-bond acceptors (Lipinski definition) is 5. The summed E-state index contributed by atoms with van der Waals surface area (Å²) in [5.41, 5.74) is 5.32. The zero-order valence-corrected chi connectivity index (χ0v) is 22.1. The maximum Gasteiger partial charge on any atom is 0.282 e. The summed E-state index contributed by atoms with van der Waals surface area (Å²) in [5, 5.41) is 15.1. The van der Waals surface area contributed by atoms with Gasteiger partial charge in [0.25, 0.3) is 5.56 Å². The van der Waals surface area contributed by atoms with Gasteiger partial charge in [-0.15, -0.1) is 0 Å². The number of benzene rings is 3. The van der Waals surface area contributed by atoms with E-state index in [0.29, 0.717) is 33.6 Å². The molecular weight excluding hydrogens is 542 g/mol. The van der Waals surface area contributed by atoms with Crippen LogP contribution in [-0.4, -0.2) is 20.4 Å². The standard InChI is InChI=1S/C30H20BrN5O2/c1-18-13-22(19(2)35(18)24-10-7-20(16-32)8-11-24)17-33-36-29(34-26-6-4-3-5-25(26)30(36)37)28-15-21-14-23(31)9-12-27(21)38-28/h3-15,17H,1-2H3. The minimum atomic E-state index is -0.288. The number of hydrogen-bond donors (Lipinski definition) is 0. The molecule has 0 aliphatic rings. The number of para-hydroxylation sites is 1. The van der Waals surface area contributed by atoms with Gasteiger partial charge in [-0.05, 0) is 80.6 Å². The molecule has 6 aromatic rings. The molecule has 0 unspecified atom stereocenters. The Morgan fingerprint density at radius 1 is 1.03 bits per heavy atom. The highest BCUT2D eigenvalue weighted by atomic mass is 79.9. The summed E-state index contributed by atoms with van der Waals surface area (Å²) < 4.78 is 10.4. The molecule has 7 nitrogen and oxygen atoms in total. The van der Waals surface area contributed by atoms with E-state index in [9.17, 15) is 4.79 Å². The molecule has 0 N–H and O–H groups in total. The fourth-order valence-electron chi connectivity index (χ4n) is 4.64. The van der Waals surface area contributed by atoms with Gasteiger partial charge in [-0.3, -0.25) is 4.79 Å². The molecule has 3 aromatic heterocycles. The van der Waals surface area contributed by atoms with E-state index >= 15 is 0 Å². The molecule has 0 fully saturated rings. The highest BCUT2D eigenvalue weighted by Gasteiger charge is 2.17. The molecule has 0 amide bonds. The van der Waals surface area contributed by atoms with Crippen molar-refractivity contribution >= 4 is 44.0 Å². The Balaban J connectivity index is 1.49. The first-order chi connectivity index (χ1) is 18.4. The van der Waals surface area contributed by atoms with Crippen LogP contribution in [0.25, 0.3) is 39.1 Å². The predicted molar refractivity (Wildman–Crippen MR) is 152 cm³/mol. The van der Waals surface area contributed by atoms with Crippen LogP contribution in [0.3, 0.4) is 0 Å². The smallest absolute Gasteiger partial charge is 0.282 e. The van der Waals surface area contributed by atoms with Crippen LogP contribution in [0.5, 0.6) is 0 Å². The van der Waals surface area contributed by atoms with Crippen molar-refractivity contribution in [3.8, 4) is 23.3 Å². The van der Waals surface area contributed by atoms with Crippen LogP contribution in [0.15, 0.2) is 97.6 Å². The molecule has 0 bridgehead atoms. The number of aromatic nitrogens is 3. The molecule has 3 aromatic carbocycles. The Kier molecular flexibility index (Phi) is 5.78. The van der Waals surface area contributed by atoms with E-state index in [1.807, 2.05) is 68.4 Å². The highest BCUT2D eigenvalue weighted by Crippen LogP contribution is 2.29. The minimum absolute atomic E-state index is 0.288. The Morgan fingerprint density at radius 3 is 2.61 bits per heavy atom. The fourth-order valence-corrected chi connectivity index (χ4v) is 5.01. The third-order valence-electron chi connectivity index (χ3n) is 6.49. The Labute approximate surface area is 226 Å². The van der Waals surface area contributed by atoms with Crippen LogP contribution in [0.1, 0.15) is 22.5 Å². The van der Waals surface area contributed by atoms with Crippen molar-refractivity contribution in [1.29, 1.82) is 5.26 Å². The predicted octanol–water partition coefficient (Wildman–Crippen LogP) is 6.73. The van der Waals surface area contributed by atoms with Gasteiger partial charge in [0.05, 0.1) is 28.8 Å². The molecule has 0 radical (unpaired) electrons. The van der Waals surface area contributed by atoms with Gasteiger partial charge in [-0.1, -0.05) is 28.1 Å². The van der Waals surface area contributed by atoms with Crippen LogP contribution < -0.4 is 5.56 Å². The summed E-state index contributed by atoms with van der Waals surface area (Å²) >= 11 is 3.49. The monoisotopic (exact) mass is 561 g/mol. The number of fused-ring (bicyclic) bond motifs is 2. The van der Waals surface area contributed by atoms with Gasteiger partial charge >= 0.3 is 0 Å². The molecule has 0 saturated heterocycles. The molecule has 38 heavy (non-hydrogen) atoms. The van der Waals surface area contributed by atoms with Gasteiger partial charge in [-0.25, -0.2) is 4.98 Å². The van der Waals surface area contributed by atoms with Crippen molar-refractivity contribution < 1.29 is 4.42 Å². The van der Waals surface area contributed by atoms with E-state index in [0.717, 1.165) is 32.5 Å². The summed E-state index contributed by atoms with van der Waals surface area (Å²) in [5.74, 6) is 0.763. The SMILES string of the molecule is Cc1cc(C=Nn2c(-c3cc4cc(Br)ccc4o3)nc3ccccc3c2=O)c(C)n1-c1ccc(C#N)cc1. The van der Waals surface area contributed by atoms with Crippen molar-refractivity contribution in [1.82, 2.24) is 14.2 Å². The molecule has 0 aliphatic carbocycles. The van der Waals surface area contributed by atoms with Gasteiger partial charge in [0, 0.05) is 32.5 Å². The van der Waals surface area contributed by atoms with Gasteiger partial charge in [-0.2, -0.15) is 15.0 Å². The number of nitrogens with zero attached hydrogens (tertiary/aromatic N) is 5. The summed E-state index contributed by atoms with van der Waals surface area (Å²) in [6, 6.07) is 26.3. The lowest BCUT2D eigenvalue weighted by molar-refractivity contribution is 0.616. The normalized spacial score (nSPS) is 11.5. The van der Waals surface area contributed by atoms with Crippen LogP contribution in [0, 0.1) is 25.2 Å². The summed E-state index contributed by atoms with van der Waals surface area (Å²) in [6.45, 7) is 4.00. The molecular formula is C30H20BrN5O2. The summed E-state index contributed by atoms with van der Waals surface area (Å²) in [4.78, 5) is 18.3. The van der Waals surface area contributed by atoms with E-state index in [2.05, 4.69) is 31.7 Å². The second kappa shape index (κ2) is 9.29. The molecule has 6 rings (SSSR count). The van der Waals surface area contributed by atoms with Crippen LogP contribution in [0.4, 0.5) is 0 Å². The number of aryl methyl sites for hydroxylation is 1. The zero-order chi connectivity index (χ0) is 26.4. The third kappa shape index (κ3) is 4.03. The third-order valence-corrected chi connectivity index (χ3v) is 6.98. The van der Waals surface area contributed by atoms with Gasteiger partial charge in [0.15, 0.2) is 5.76 Å². The van der Waals surface area contributed by atoms with Crippen molar-refractivity contribution in [3.05, 3.63) is 116 Å². The van der Waals surface area contributed by atoms with Gasteiger partial charge in [0.1, 0.15) is 5.58 Å². The van der Waals surface area contributed by atoms with E-state index in [1.165, 1.54) is 4.68 Å². The van der Waals surface area contributed by atoms with Gasteiger partial charge in [0.2, 0.25) is 5.82 Å². The van der Waals surface area contributed by atoms with Crippen molar-refractivity contribution in [2.24, 2.45) is 5.10 Å². The second-order valence-corrected chi connectivity index (χ2v) is 9.84. The van der Waals surface area contributed by atoms with Crippen LogP contribution >= 0.6 is 15.9 Å². The molecule has 8 heteroatoms. The van der Waals surface area contributed by atoms with Crippen LogP contribution in [0.2, 0.25) is 0 Å². The number of halogens is 1. The number of rotatable bonds is 4. The number of furan rings is 1. The quantitative estimate of drug-likeness (QED) is 0.223. The first-order valence-electron chi connectivity index (χ1n) is 11.9. The van der Waals surface area contributed by atoms with Crippen molar-refractivity contribution in [2.75, 3.05) is 0 Å². The minimum Gasteiger partial charge on any atom is -0.453 e. The topological polar surface area (TPSA) is 89.1 Å². The Morgan fingerprint density at radius 2 is 1.82 bits per heavy atom. The largest absolute Gasteiger partial charge is 0.453 e. The van der Waals surface area contributed by atoms with Crippen molar-refractivity contribution in [2.45, 2.75) is 13.8 Å². The maximum atomic E-state index is 13.6. The first-order valence-corrected chi connectivity index (χ1v) is 12.7. The highest BCUT2D eigenvalue weighted by molar-refractivity contribution is 9.10. The lowest BCUT2D eigenvalue weighted by atomic mass is 10.2. The number of nitriles is 1. The average Bonchev–Trinajstić information content (AvgIpc) is 3.47. The lowest BCUT2D eigenvalue weighted by Gasteiger charge is -2.09. The molecule has 0 saturated carbocycles. The van der Waals surface area contributed by atoms with E-state index in [4.69, 9.17) is 14.7 Å². The molecule has 184 valence electrons. The zero-order valence-electron chi connectivity index (χ0n) is 20.5. The molecule has 0 spiro atoms. The van der Waals surface area contributed by atoms with Crippen molar-refractivity contribution in [3.63, 3.8) is 0 Å². The van der Waals surface area contributed by atoms with Crippen LogP contribution in [-0.2, 0) is 0 Å². The fraction of sp³-hybridized carbons (Fsp3) is 0.0667. The summed E-state index contributed by atoms with van der Waals surface area (Å²) in [6.07, 6.45) is 1.67. The molecule has 0 atom stereocenters. The first kappa shape index (κ1) is 23.6.